The standard InChI is InChI=1S/C16H22N2O3/c1-11(2)7-8-18-13-6-5-12(21-4)9-14(13)17(3)15(19)10-16(18)20/h5-6,9,11H,7-8,10H2,1-4H3. The van der Waals surface area contributed by atoms with Gasteiger partial charge in [0.1, 0.15) is 12.2 Å². The van der Waals surface area contributed by atoms with Gasteiger partial charge in [0.05, 0.1) is 18.5 Å². The minimum Gasteiger partial charge on any atom is -0.497 e. The molecule has 114 valence electrons. The molecule has 0 N–H and O–H groups in total. The predicted octanol–water partition coefficient (Wildman–Crippen LogP) is 2.44. The van der Waals surface area contributed by atoms with Gasteiger partial charge in [-0.3, -0.25) is 9.59 Å². The minimum absolute atomic E-state index is 0.0917. The first-order valence-electron chi connectivity index (χ1n) is 7.19. The average Bonchev–Trinajstić information content (AvgIpc) is 2.53. The summed E-state index contributed by atoms with van der Waals surface area (Å²) in [6.45, 7) is 4.86. The van der Waals surface area contributed by atoms with Crippen LogP contribution < -0.4 is 14.5 Å². The fraction of sp³-hybridized carbons (Fsp3) is 0.500. The maximum absolute atomic E-state index is 12.3. The van der Waals surface area contributed by atoms with E-state index >= 15 is 0 Å². The Hall–Kier alpha value is -2.04. The zero-order valence-corrected chi connectivity index (χ0v) is 13.0. The van der Waals surface area contributed by atoms with Gasteiger partial charge >= 0.3 is 0 Å². The molecule has 0 bridgehead atoms. The summed E-state index contributed by atoms with van der Waals surface area (Å²) in [6.07, 6.45) is 0.806. The molecule has 2 amide bonds. The van der Waals surface area contributed by atoms with Gasteiger partial charge in [-0.2, -0.15) is 0 Å². The number of rotatable bonds is 4. The number of anilines is 2. The molecular weight excluding hydrogens is 268 g/mol. The van der Waals surface area contributed by atoms with Gasteiger partial charge in [0.25, 0.3) is 0 Å². The molecule has 1 aliphatic heterocycles. The van der Waals surface area contributed by atoms with Crippen LogP contribution in [-0.4, -0.2) is 32.5 Å². The molecule has 0 radical (unpaired) electrons. The van der Waals surface area contributed by atoms with E-state index in [1.807, 2.05) is 12.1 Å². The van der Waals surface area contributed by atoms with Crippen molar-refractivity contribution >= 4 is 23.2 Å². The highest BCUT2D eigenvalue weighted by atomic mass is 16.5. The number of nitrogens with zero attached hydrogens (tertiary/aromatic N) is 2. The van der Waals surface area contributed by atoms with Crippen LogP contribution in [0.25, 0.3) is 0 Å². The summed E-state index contributed by atoms with van der Waals surface area (Å²) in [5.74, 6) is 0.834. The summed E-state index contributed by atoms with van der Waals surface area (Å²) >= 11 is 0. The van der Waals surface area contributed by atoms with Crippen molar-refractivity contribution in [2.75, 3.05) is 30.5 Å². The Labute approximate surface area is 125 Å². The van der Waals surface area contributed by atoms with Crippen molar-refractivity contribution in [1.29, 1.82) is 0 Å². The molecule has 2 rings (SSSR count). The van der Waals surface area contributed by atoms with Gasteiger partial charge in [-0.15, -0.1) is 0 Å². The normalized spacial score (nSPS) is 15.3. The third-order valence-electron chi connectivity index (χ3n) is 3.74. The lowest BCUT2D eigenvalue weighted by atomic mass is 10.1. The van der Waals surface area contributed by atoms with Crippen LogP contribution in [0.3, 0.4) is 0 Å². The molecular formula is C16H22N2O3. The van der Waals surface area contributed by atoms with E-state index in [1.54, 1.807) is 25.1 Å². The Kier molecular flexibility index (Phi) is 4.50. The van der Waals surface area contributed by atoms with Gasteiger partial charge in [0, 0.05) is 19.7 Å². The maximum atomic E-state index is 12.3. The number of methoxy groups -OCH3 is 1. The molecule has 1 aliphatic rings. The van der Waals surface area contributed by atoms with Gasteiger partial charge in [-0.1, -0.05) is 13.8 Å². The first-order valence-corrected chi connectivity index (χ1v) is 7.19. The van der Waals surface area contributed by atoms with Crippen LogP contribution in [0.4, 0.5) is 11.4 Å². The summed E-state index contributed by atoms with van der Waals surface area (Å²) in [5.41, 5.74) is 1.49. The number of hydrogen-bond acceptors (Lipinski definition) is 3. The first-order chi connectivity index (χ1) is 9.93. The topological polar surface area (TPSA) is 49.9 Å². The number of hydrogen-bond donors (Lipinski definition) is 0. The molecule has 5 nitrogen and oxygen atoms in total. The van der Waals surface area contributed by atoms with Gasteiger partial charge in [0.2, 0.25) is 11.8 Å². The molecule has 0 fully saturated rings. The monoisotopic (exact) mass is 290 g/mol. The number of ether oxygens (including phenoxy) is 1. The predicted molar refractivity (Wildman–Crippen MR) is 82.8 cm³/mol. The van der Waals surface area contributed by atoms with E-state index in [0.29, 0.717) is 23.9 Å². The van der Waals surface area contributed by atoms with Crippen LogP contribution in [0.2, 0.25) is 0 Å². The zero-order valence-electron chi connectivity index (χ0n) is 13.0. The van der Waals surface area contributed by atoms with Crippen LogP contribution in [0.1, 0.15) is 26.7 Å². The van der Waals surface area contributed by atoms with Crippen LogP contribution in [-0.2, 0) is 9.59 Å². The highest BCUT2D eigenvalue weighted by Crippen LogP contribution is 2.35. The summed E-state index contributed by atoms with van der Waals surface area (Å²) < 4.78 is 5.22. The molecule has 5 heteroatoms. The molecule has 0 aromatic heterocycles. The zero-order chi connectivity index (χ0) is 15.6. The third kappa shape index (κ3) is 3.17. The van der Waals surface area contributed by atoms with Crippen molar-refractivity contribution in [1.82, 2.24) is 0 Å². The van der Waals surface area contributed by atoms with Crippen molar-refractivity contribution in [3.63, 3.8) is 0 Å². The van der Waals surface area contributed by atoms with Crippen molar-refractivity contribution < 1.29 is 14.3 Å². The van der Waals surface area contributed by atoms with Crippen molar-refractivity contribution in [3.8, 4) is 5.75 Å². The molecule has 0 saturated heterocycles. The third-order valence-corrected chi connectivity index (χ3v) is 3.74. The van der Waals surface area contributed by atoms with E-state index in [9.17, 15) is 9.59 Å². The summed E-state index contributed by atoms with van der Waals surface area (Å²) in [4.78, 5) is 27.7. The molecule has 0 saturated carbocycles. The van der Waals surface area contributed by atoms with E-state index in [-0.39, 0.29) is 18.2 Å². The van der Waals surface area contributed by atoms with Crippen LogP contribution in [0.5, 0.6) is 5.75 Å². The quantitative estimate of drug-likeness (QED) is 0.800. The summed E-state index contributed by atoms with van der Waals surface area (Å²) in [7, 11) is 3.28. The molecule has 0 atom stereocenters. The van der Waals surface area contributed by atoms with E-state index in [0.717, 1.165) is 12.1 Å². The first kappa shape index (κ1) is 15.4. The average molecular weight is 290 g/mol. The minimum atomic E-state index is -0.193. The lowest BCUT2D eigenvalue weighted by molar-refractivity contribution is -0.126. The van der Waals surface area contributed by atoms with Crippen LogP contribution >= 0.6 is 0 Å². The number of carbonyl (C=O) groups excluding carboxylic acids is 2. The SMILES string of the molecule is COc1ccc2c(c1)N(C)C(=O)CC(=O)N2CCC(C)C. The van der Waals surface area contributed by atoms with Crippen molar-refractivity contribution in [2.45, 2.75) is 26.7 Å². The van der Waals surface area contributed by atoms with E-state index in [2.05, 4.69) is 13.8 Å². The number of carbonyl (C=O) groups is 2. The fourth-order valence-electron chi connectivity index (χ4n) is 2.37. The largest absolute Gasteiger partial charge is 0.497 e. The summed E-state index contributed by atoms with van der Waals surface area (Å²) in [5, 5.41) is 0. The van der Waals surface area contributed by atoms with Gasteiger partial charge in [-0.25, -0.2) is 0 Å². The van der Waals surface area contributed by atoms with Crippen molar-refractivity contribution in [2.24, 2.45) is 5.92 Å². The number of fused-ring (bicyclic) bond motifs is 1. The molecule has 0 spiro atoms. The molecule has 0 aliphatic carbocycles. The Bertz CT molecular complexity index is 554. The molecule has 1 aromatic rings. The Morgan fingerprint density at radius 2 is 1.90 bits per heavy atom. The van der Waals surface area contributed by atoms with Crippen LogP contribution in [0, 0.1) is 5.92 Å². The van der Waals surface area contributed by atoms with Crippen molar-refractivity contribution in [3.05, 3.63) is 18.2 Å². The van der Waals surface area contributed by atoms with Crippen LogP contribution in [0.15, 0.2) is 18.2 Å². The van der Waals surface area contributed by atoms with E-state index in [1.165, 1.54) is 4.90 Å². The second-order valence-electron chi connectivity index (χ2n) is 5.71. The molecule has 0 unspecified atom stereocenters. The Balaban J connectivity index is 2.45. The highest BCUT2D eigenvalue weighted by molar-refractivity contribution is 6.15. The lowest BCUT2D eigenvalue weighted by Crippen LogP contribution is -2.33. The second-order valence-corrected chi connectivity index (χ2v) is 5.71. The maximum Gasteiger partial charge on any atom is 0.236 e. The number of benzene rings is 1. The smallest absolute Gasteiger partial charge is 0.236 e. The highest BCUT2D eigenvalue weighted by Gasteiger charge is 2.29. The molecule has 1 aromatic carbocycles. The van der Waals surface area contributed by atoms with E-state index in [4.69, 9.17) is 4.74 Å². The van der Waals surface area contributed by atoms with Gasteiger partial charge in [0.15, 0.2) is 0 Å². The van der Waals surface area contributed by atoms with Gasteiger partial charge < -0.3 is 14.5 Å². The fourth-order valence-corrected chi connectivity index (χ4v) is 2.37. The Morgan fingerprint density at radius 3 is 2.52 bits per heavy atom. The lowest BCUT2D eigenvalue weighted by Gasteiger charge is -2.25. The molecule has 21 heavy (non-hydrogen) atoms. The molecule has 1 heterocycles. The number of amides is 2. The van der Waals surface area contributed by atoms with E-state index < -0.39 is 0 Å². The summed E-state index contributed by atoms with van der Waals surface area (Å²) in [6, 6.07) is 5.47. The van der Waals surface area contributed by atoms with Gasteiger partial charge in [-0.05, 0) is 24.5 Å². The Morgan fingerprint density at radius 1 is 1.19 bits per heavy atom. The second kappa shape index (κ2) is 6.16.